The molecule has 5 rings (SSSR count). The van der Waals surface area contributed by atoms with E-state index in [2.05, 4.69) is 25.5 Å². The maximum atomic E-state index is 13.6. The van der Waals surface area contributed by atoms with Crippen LogP contribution in [0.15, 0.2) is 48.8 Å². The third-order valence-electron chi connectivity index (χ3n) is 6.15. The first-order valence-corrected chi connectivity index (χ1v) is 12.4. The van der Waals surface area contributed by atoms with E-state index in [4.69, 9.17) is 25.8 Å². The highest BCUT2D eigenvalue weighted by molar-refractivity contribution is 6.31. The molecule has 1 aromatic heterocycles. The largest absolute Gasteiger partial charge is 0.492 e. The van der Waals surface area contributed by atoms with E-state index >= 15 is 0 Å². The van der Waals surface area contributed by atoms with Crippen LogP contribution in [-0.4, -0.2) is 72.4 Å². The second-order valence-electron chi connectivity index (χ2n) is 8.70. The Morgan fingerprint density at radius 1 is 1.22 bits per heavy atom. The molecule has 0 radical (unpaired) electrons. The number of carbonyl (C=O) groups excluding carboxylic acids is 1. The average molecular weight is 528 g/mol. The van der Waals surface area contributed by atoms with Gasteiger partial charge in [0.1, 0.15) is 23.7 Å². The molecule has 37 heavy (non-hydrogen) atoms. The quantitative estimate of drug-likeness (QED) is 0.421. The number of carbonyl (C=O) groups is 1. The van der Waals surface area contributed by atoms with E-state index in [0.29, 0.717) is 60.2 Å². The number of nitrogens with zero attached hydrogens (tertiary/aromatic N) is 3. The van der Waals surface area contributed by atoms with Gasteiger partial charge in [-0.1, -0.05) is 17.7 Å². The van der Waals surface area contributed by atoms with Gasteiger partial charge < -0.3 is 24.8 Å². The molecular formula is C26H27ClFN5O4. The normalized spacial score (nSPS) is 19.8. The monoisotopic (exact) mass is 527 g/mol. The Hall–Kier alpha value is -3.31. The second-order valence-corrected chi connectivity index (χ2v) is 9.11. The number of hydrogen-bond donors (Lipinski definition) is 2. The molecule has 2 aromatic carbocycles. The van der Waals surface area contributed by atoms with Crippen molar-refractivity contribution in [2.24, 2.45) is 0 Å². The molecule has 2 atom stereocenters. The van der Waals surface area contributed by atoms with Crippen LogP contribution >= 0.6 is 11.6 Å². The molecule has 0 unspecified atom stereocenters. The SMILES string of the molecule is CCOc1cc2ncnc(Nc3ccc(F)c(Cl)c3)c2cc1NC(=O)C=CCN1C[C@@H]2OCCO[C@@H]2C1. The third kappa shape index (κ3) is 5.99. The Morgan fingerprint density at radius 2 is 2.00 bits per heavy atom. The number of amides is 1. The van der Waals surface area contributed by atoms with E-state index in [1.54, 1.807) is 18.2 Å². The van der Waals surface area contributed by atoms with Gasteiger partial charge in [-0.15, -0.1) is 0 Å². The van der Waals surface area contributed by atoms with Crippen molar-refractivity contribution in [2.45, 2.75) is 19.1 Å². The van der Waals surface area contributed by atoms with Crippen molar-refractivity contribution < 1.29 is 23.4 Å². The van der Waals surface area contributed by atoms with Crippen molar-refractivity contribution in [3.05, 3.63) is 59.7 Å². The molecule has 1 amide bonds. The Balaban J connectivity index is 1.32. The predicted molar refractivity (Wildman–Crippen MR) is 139 cm³/mol. The van der Waals surface area contributed by atoms with Crippen LogP contribution in [0.3, 0.4) is 0 Å². The molecule has 11 heteroatoms. The number of rotatable bonds is 8. The summed E-state index contributed by atoms with van der Waals surface area (Å²) in [6.45, 7) is 5.71. The van der Waals surface area contributed by atoms with Crippen molar-refractivity contribution >= 4 is 45.6 Å². The standard InChI is InChI=1S/C26H27ClFN5O4/c1-2-35-22-12-20-17(26(30-15-29-20)31-16-5-6-19(28)18(27)10-16)11-21(22)32-25(34)4-3-7-33-13-23-24(14-33)37-9-8-36-23/h3-6,10-12,15,23-24H,2,7-9,13-14H2,1H3,(H,32,34)(H,29,30,31)/t23-,24+. The number of halogens is 2. The van der Waals surface area contributed by atoms with E-state index in [0.717, 1.165) is 13.1 Å². The molecule has 3 heterocycles. The van der Waals surface area contributed by atoms with Gasteiger partial charge in [0.15, 0.2) is 0 Å². The number of likely N-dealkylation sites (tertiary alicyclic amines) is 1. The highest BCUT2D eigenvalue weighted by Gasteiger charge is 2.35. The van der Waals surface area contributed by atoms with Crippen LogP contribution in [0, 0.1) is 5.82 Å². The summed E-state index contributed by atoms with van der Waals surface area (Å²) in [6.07, 6.45) is 4.93. The molecule has 9 nitrogen and oxygen atoms in total. The predicted octanol–water partition coefficient (Wildman–Crippen LogP) is 4.16. The summed E-state index contributed by atoms with van der Waals surface area (Å²) in [4.78, 5) is 23.6. The lowest BCUT2D eigenvalue weighted by atomic mass is 10.1. The van der Waals surface area contributed by atoms with Gasteiger partial charge in [0.2, 0.25) is 5.91 Å². The van der Waals surface area contributed by atoms with Crippen LogP contribution < -0.4 is 15.4 Å². The van der Waals surface area contributed by atoms with Crippen molar-refractivity contribution in [1.29, 1.82) is 0 Å². The minimum absolute atomic E-state index is 0.00511. The summed E-state index contributed by atoms with van der Waals surface area (Å²) in [7, 11) is 0. The topological polar surface area (TPSA) is 97.8 Å². The number of hydrogen-bond acceptors (Lipinski definition) is 8. The average Bonchev–Trinajstić information content (AvgIpc) is 3.30. The Morgan fingerprint density at radius 3 is 2.73 bits per heavy atom. The number of ether oxygens (including phenoxy) is 3. The molecule has 2 aliphatic heterocycles. The van der Waals surface area contributed by atoms with Gasteiger partial charge in [-0.3, -0.25) is 9.69 Å². The minimum atomic E-state index is -0.510. The Kier molecular flexibility index (Phi) is 7.80. The summed E-state index contributed by atoms with van der Waals surface area (Å²) >= 11 is 5.92. The van der Waals surface area contributed by atoms with Crippen LogP contribution in [0.5, 0.6) is 5.75 Å². The van der Waals surface area contributed by atoms with Crippen LogP contribution in [0.4, 0.5) is 21.6 Å². The number of aromatic nitrogens is 2. The smallest absolute Gasteiger partial charge is 0.248 e. The summed E-state index contributed by atoms with van der Waals surface area (Å²) in [5.41, 5.74) is 1.65. The maximum Gasteiger partial charge on any atom is 0.248 e. The van der Waals surface area contributed by atoms with Gasteiger partial charge in [-0.05, 0) is 31.2 Å². The van der Waals surface area contributed by atoms with Crippen LogP contribution in [0.25, 0.3) is 10.9 Å². The molecule has 0 saturated carbocycles. The molecular weight excluding hydrogens is 501 g/mol. The van der Waals surface area contributed by atoms with Gasteiger partial charge in [0.25, 0.3) is 0 Å². The zero-order valence-electron chi connectivity index (χ0n) is 20.2. The van der Waals surface area contributed by atoms with Crippen molar-refractivity contribution in [1.82, 2.24) is 14.9 Å². The minimum Gasteiger partial charge on any atom is -0.492 e. The maximum absolute atomic E-state index is 13.6. The van der Waals surface area contributed by atoms with Gasteiger partial charge in [-0.25, -0.2) is 14.4 Å². The molecule has 3 aromatic rings. The van der Waals surface area contributed by atoms with E-state index < -0.39 is 5.82 Å². The van der Waals surface area contributed by atoms with E-state index in [1.807, 2.05) is 13.0 Å². The first-order valence-electron chi connectivity index (χ1n) is 12.1. The highest BCUT2D eigenvalue weighted by Crippen LogP contribution is 2.34. The number of anilines is 3. The van der Waals surface area contributed by atoms with Crippen molar-refractivity contribution in [3.63, 3.8) is 0 Å². The van der Waals surface area contributed by atoms with Gasteiger partial charge in [-0.2, -0.15) is 0 Å². The molecule has 2 fully saturated rings. The molecule has 2 aliphatic rings. The zero-order valence-corrected chi connectivity index (χ0v) is 21.0. The van der Waals surface area contributed by atoms with Crippen LogP contribution in [-0.2, 0) is 14.3 Å². The molecule has 194 valence electrons. The fourth-order valence-electron chi connectivity index (χ4n) is 4.44. The number of benzene rings is 2. The van der Waals surface area contributed by atoms with E-state index in [9.17, 15) is 9.18 Å². The molecule has 2 N–H and O–H groups in total. The summed E-state index contributed by atoms with van der Waals surface area (Å²) in [5.74, 6) is 0.163. The zero-order chi connectivity index (χ0) is 25.8. The molecule has 0 aliphatic carbocycles. The number of fused-ring (bicyclic) bond motifs is 2. The van der Waals surface area contributed by atoms with E-state index in [-0.39, 0.29) is 23.1 Å². The Labute approximate surface area is 218 Å². The molecule has 2 saturated heterocycles. The molecule has 0 bridgehead atoms. The van der Waals surface area contributed by atoms with Gasteiger partial charge >= 0.3 is 0 Å². The first-order chi connectivity index (χ1) is 18.0. The summed E-state index contributed by atoms with van der Waals surface area (Å²) < 4.78 is 30.8. The molecule has 0 spiro atoms. The summed E-state index contributed by atoms with van der Waals surface area (Å²) in [6, 6.07) is 7.80. The highest BCUT2D eigenvalue weighted by atomic mass is 35.5. The third-order valence-corrected chi connectivity index (χ3v) is 6.44. The number of nitrogens with one attached hydrogen (secondary N) is 2. The lowest BCUT2D eigenvalue weighted by Crippen LogP contribution is -2.36. The van der Waals surface area contributed by atoms with Crippen molar-refractivity contribution in [2.75, 3.05) is 50.1 Å². The van der Waals surface area contributed by atoms with Crippen LogP contribution in [0.2, 0.25) is 5.02 Å². The van der Waals surface area contributed by atoms with Crippen molar-refractivity contribution in [3.8, 4) is 5.75 Å². The summed E-state index contributed by atoms with van der Waals surface area (Å²) in [5, 5.41) is 6.67. The Bertz CT molecular complexity index is 1310. The fourth-order valence-corrected chi connectivity index (χ4v) is 4.62. The van der Waals surface area contributed by atoms with E-state index in [1.165, 1.54) is 24.5 Å². The van der Waals surface area contributed by atoms with Gasteiger partial charge in [0.05, 0.1) is 48.3 Å². The second kappa shape index (κ2) is 11.4. The fraction of sp³-hybridized carbons (Fsp3) is 0.346. The van der Waals surface area contributed by atoms with Crippen LogP contribution in [0.1, 0.15) is 6.92 Å². The lowest BCUT2D eigenvalue weighted by Gasteiger charge is -2.24. The van der Waals surface area contributed by atoms with Gasteiger partial charge in [0, 0.05) is 42.9 Å². The first kappa shape index (κ1) is 25.3. The lowest BCUT2D eigenvalue weighted by molar-refractivity contribution is -0.116.